The summed E-state index contributed by atoms with van der Waals surface area (Å²) in [4.78, 5) is 23.2. The summed E-state index contributed by atoms with van der Waals surface area (Å²) in [6, 6.07) is 13.3. The number of fused-ring (bicyclic) bond motifs is 1. The van der Waals surface area contributed by atoms with Crippen molar-refractivity contribution in [3.63, 3.8) is 0 Å². The zero-order chi connectivity index (χ0) is 15.7. The fourth-order valence-corrected chi connectivity index (χ4v) is 2.56. The number of hydrogen-bond acceptors (Lipinski definition) is 3. The van der Waals surface area contributed by atoms with Gasteiger partial charge < -0.3 is 9.52 Å². The summed E-state index contributed by atoms with van der Waals surface area (Å²) in [5, 5.41) is 9.80. The van der Waals surface area contributed by atoms with Crippen LogP contribution in [0, 0.1) is 0 Å². The van der Waals surface area contributed by atoms with Crippen molar-refractivity contribution in [1.82, 2.24) is 0 Å². The van der Waals surface area contributed by atoms with E-state index in [9.17, 15) is 9.59 Å². The van der Waals surface area contributed by atoms with Gasteiger partial charge in [-0.2, -0.15) is 0 Å². The van der Waals surface area contributed by atoms with Crippen molar-refractivity contribution in [3.8, 4) is 11.3 Å². The number of rotatable bonds is 3. The van der Waals surface area contributed by atoms with E-state index in [0.29, 0.717) is 27.3 Å². The van der Waals surface area contributed by atoms with E-state index in [1.807, 2.05) is 0 Å². The highest BCUT2D eigenvalue weighted by Crippen LogP contribution is 2.29. The number of carboxylic acids is 1. The highest BCUT2D eigenvalue weighted by Gasteiger charge is 2.13. The molecule has 0 saturated carbocycles. The van der Waals surface area contributed by atoms with Crippen LogP contribution in [0.3, 0.4) is 0 Å². The second-order valence-electron chi connectivity index (χ2n) is 4.82. The van der Waals surface area contributed by atoms with Gasteiger partial charge in [-0.05, 0) is 18.2 Å². The van der Waals surface area contributed by atoms with Crippen LogP contribution in [0.4, 0.5) is 0 Å². The van der Waals surface area contributed by atoms with Crippen LogP contribution < -0.4 is 5.43 Å². The maximum atomic E-state index is 12.3. The van der Waals surface area contributed by atoms with Crippen molar-refractivity contribution in [2.24, 2.45) is 0 Å². The Bertz CT molecular complexity index is 927. The molecule has 3 rings (SSSR count). The Hall–Kier alpha value is -2.59. The molecule has 0 aliphatic heterocycles. The fraction of sp³-hybridized carbons (Fsp3) is 0.0588. The van der Waals surface area contributed by atoms with E-state index in [-0.39, 0.29) is 17.4 Å². The molecule has 0 radical (unpaired) electrons. The fourth-order valence-electron chi connectivity index (χ4n) is 2.33. The van der Waals surface area contributed by atoms with Gasteiger partial charge in [0.25, 0.3) is 0 Å². The molecule has 0 unspecified atom stereocenters. The van der Waals surface area contributed by atoms with Crippen LogP contribution in [0.15, 0.2) is 57.7 Å². The molecule has 0 spiro atoms. The molecule has 5 heteroatoms. The summed E-state index contributed by atoms with van der Waals surface area (Å²) in [6.07, 6.45) is -0.216. The predicted molar refractivity (Wildman–Crippen MR) is 84.3 cm³/mol. The van der Waals surface area contributed by atoms with Crippen molar-refractivity contribution in [2.45, 2.75) is 6.42 Å². The van der Waals surface area contributed by atoms with Crippen molar-refractivity contribution in [3.05, 3.63) is 69.3 Å². The summed E-state index contributed by atoms with van der Waals surface area (Å²) >= 11 is 6.13. The molecule has 2 aromatic carbocycles. The minimum absolute atomic E-state index is 0.216. The quantitative estimate of drug-likeness (QED) is 0.799. The lowest BCUT2D eigenvalue weighted by Crippen LogP contribution is -2.05. The summed E-state index contributed by atoms with van der Waals surface area (Å²) < 4.78 is 5.79. The zero-order valence-electron chi connectivity index (χ0n) is 11.4. The van der Waals surface area contributed by atoms with Gasteiger partial charge in [0.05, 0.1) is 16.8 Å². The lowest BCUT2D eigenvalue weighted by molar-refractivity contribution is -0.136. The van der Waals surface area contributed by atoms with Gasteiger partial charge in [-0.3, -0.25) is 9.59 Å². The molecule has 4 nitrogen and oxygen atoms in total. The van der Waals surface area contributed by atoms with Crippen LogP contribution in [0.2, 0.25) is 5.02 Å². The van der Waals surface area contributed by atoms with Crippen LogP contribution in [-0.2, 0) is 11.2 Å². The minimum Gasteiger partial charge on any atom is -0.481 e. The maximum absolute atomic E-state index is 12.3. The molecule has 0 aliphatic rings. The third kappa shape index (κ3) is 2.61. The van der Waals surface area contributed by atoms with Crippen molar-refractivity contribution in [1.29, 1.82) is 0 Å². The van der Waals surface area contributed by atoms with E-state index in [0.717, 1.165) is 0 Å². The molecule has 3 aromatic rings. The van der Waals surface area contributed by atoms with Crippen LogP contribution >= 0.6 is 11.6 Å². The monoisotopic (exact) mass is 314 g/mol. The van der Waals surface area contributed by atoms with Gasteiger partial charge in [0.15, 0.2) is 5.43 Å². The zero-order valence-corrected chi connectivity index (χ0v) is 12.1. The Morgan fingerprint density at radius 1 is 1.14 bits per heavy atom. The largest absolute Gasteiger partial charge is 0.481 e. The summed E-state index contributed by atoms with van der Waals surface area (Å²) in [5.74, 6) is -0.667. The van der Waals surface area contributed by atoms with Gasteiger partial charge in [-0.15, -0.1) is 0 Å². The number of halogens is 1. The Morgan fingerprint density at radius 2 is 1.91 bits per heavy atom. The van der Waals surface area contributed by atoms with E-state index in [4.69, 9.17) is 21.1 Å². The number of aliphatic carboxylic acids is 1. The van der Waals surface area contributed by atoms with Crippen molar-refractivity contribution < 1.29 is 14.3 Å². The molecule has 1 aromatic heterocycles. The molecule has 0 fully saturated rings. The predicted octanol–water partition coefficient (Wildman–Crippen LogP) is 3.74. The van der Waals surface area contributed by atoms with Crippen LogP contribution in [0.25, 0.3) is 22.3 Å². The molecule has 1 heterocycles. The summed E-state index contributed by atoms with van der Waals surface area (Å²) in [6.45, 7) is 0. The Morgan fingerprint density at radius 3 is 2.64 bits per heavy atom. The number of carboxylic acid groups (broad SMARTS) is 1. The molecular weight excluding hydrogens is 304 g/mol. The number of benzene rings is 2. The number of carbonyl (C=O) groups is 1. The highest BCUT2D eigenvalue weighted by atomic mass is 35.5. The van der Waals surface area contributed by atoms with Gasteiger partial charge in [0, 0.05) is 17.2 Å². The van der Waals surface area contributed by atoms with E-state index < -0.39 is 5.97 Å². The van der Waals surface area contributed by atoms with Gasteiger partial charge >= 0.3 is 5.97 Å². The van der Waals surface area contributed by atoms with Crippen molar-refractivity contribution >= 4 is 28.5 Å². The standard InChI is InChI=1S/C17H11ClO4/c18-13-7-2-1-5-11(13)15-9-14(19)12-6-3-4-10(8-16(20)21)17(12)22-15/h1-7,9H,8H2,(H,20,21). The smallest absolute Gasteiger partial charge is 0.307 e. The van der Waals surface area contributed by atoms with Gasteiger partial charge in [-0.25, -0.2) is 0 Å². The number of hydrogen-bond donors (Lipinski definition) is 1. The van der Waals surface area contributed by atoms with Crippen LogP contribution in [0.1, 0.15) is 5.56 Å². The summed E-state index contributed by atoms with van der Waals surface area (Å²) in [5.41, 5.74) is 1.10. The maximum Gasteiger partial charge on any atom is 0.307 e. The Balaban J connectivity index is 2.29. The first-order valence-electron chi connectivity index (χ1n) is 6.58. The molecule has 0 amide bonds. The van der Waals surface area contributed by atoms with Gasteiger partial charge in [0.2, 0.25) is 0 Å². The van der Waals surface area contributed by atoms with Gasteiger partial charge in [-0.1, -0.05) is 35.9 Å². The van der Waals surface area contributed by atoms with E-state index >= 15 is 0 Å². The molecule has 22 heavy (non-hydrogen) atoms. The SMILES string of the molecule is O=C(O)Cc1cccc2c(=O)cc(-c3ccccc3Cl)oc12. The second kappa shape index (κ2) is 5.66. The third-order valence-corrected chi connectivity index (χ3v) is 3.65. The van der Waals surface area contributed by atoms with Crippen LogP contribution in [-0.4, -0.2) is 11.1 Å². The van der Waals surface area contributed by atoms with Crippen LogP contribution in [0.5, 0.6) is 0 Å². The first-order valence-corrected chi connectivity index (χ1v) is 6.96. The Kier molecular flexibility index (Phi) is 3.69. The number of para-hydroxylation sites is 1. The molecule has 0 aliphatic carbocycles. The minimum atomic E-state index is -0.988. The highest BCUT2D eigenvalue weighted by molar-refractivity contribution is 6.33. The lowest BCUT2D eigenvalue weighted by Gasteiger charge is -2.07. The third-order valence-electron chi connectivity index (χ3n) is 3.32. The Labute approximate surface area is 130 Å². The molecule has 0 saturated heterocycles. The second-order valence-corrected chi connectivity index (χ2v) is 5.23. The molecule has 1 N–H and O–H groups in total. The molecule has 0 atom stereocenters. The average Bonchev–Trinajstić information content (AvgIpc) is 2.48. The van der Waals surface area contributed by atoms with E-state index in [1.165, 1.54) is 6.07 Å². The molecule has 110 valence electrons. The molecular formula is C17H11ClO4. The lowest BCUT2D eigenvalue weighted by atomic mass is 10.1. The van der Waals surface area contributed by atoms with Crippen molar-refractivity contribution in [2.75, 3.05) is 0 Å². The van der Waals surface area contributed by atoms with E-state index in [1.54, 1.807) is 42.5 Å². The average molecular weight is 315 g/mol. The van der Waals surface area contributed by atoms with Gasteiger partial charge in [0.1, 0.15) is 11.3 Å². The first kappa shape index (κ1) is 14.4. The van der Waals surface area contributed by atoms with E-state index in [2.05, 4.69) is 0 Å². The summed E-state index contributed by atoms with van der Waals surface area (Å²) in [7, 11) is 0. The molecule has 0 bridgehead atoms. The normalized spacial score (nSPS) is 10.8. The first-order chi connectivity index (χ1) is 10.6. The topological polar surface area (TPSA) is 67.5 Å².